The number of halogens is 1. The molecule has 0 aliphatic rings. The number of hydrogen-bond acceptors (Lipinski definition) is 3. The van der Waals surface area contributed by atoms with Crippen LogP contribution < -0.4 is 10.6 Å². The van der Waals surface area contributed by atoms with Crippen molar-refractivity contribution in [3.63, 3.8) is 0 Å². The molecular formula is C13H28IN3O2. The third-order valence-corrected chi connectivity index (χ3v) is 2.57. The Hall–Kier alpha value is -0.530. The lowest BCUT2D eigenvalue weighted by atomic mass is 10.1. The van der Waals surface area contributed by atoms with E-state index >= 15 is 0 Å². The van der Waals surface area contributed by atoms with Crippen molar-refractivity contribution in [1.82, 2.24) is 10.6 Å². The quantitative estimate of drug-likeness (QED) is 0.221. The van der Waals surface area contributed by atoms with Crippen LogP contribution >= 0.6 is 24.0 Å². The molecule has 19 heavy (non-hydrogen) atoms. The summed E-state index contributed by atoms with van der Waals surface area (Å²) >= 11 is 0. The topological polar surface area (TPSA) is 62.7 Å². The van der Waals surface area contributed by atoms with Crippen LogP contribution in [0.3, 0.4) is 0 Å². The minimum atomic E-state index is -0.213. The lowest BCUT2D eigenvalue weighted by Crippen LogP contribution is -2.38. The zero-order chi connectivity index (χ0) is 13.8. The molecule has 0 aromatic heterocycles. The third kappa shape index (κ3) is 13.7. The van der Waals surface area contributed by atoms with E-state index in [1.165, 1.54) is 20.0 Å². The molecule has 0 bridgehead atoms. The lowest BCUT2D eigenvalue weighted by molar-refractivity contribution is -0.140. The highest BCUT2D eigenvalue weighted by atomic mass is 127. The Morgan fingerprint density at radius 1 is 1.21 bits per heavy atom. The number of rotatable bonds is 8. The van der Waals surface area contributed by atoms with Gasteiger partial charge in [-0.2, -0.15) is 0 Å². The van der Waals surface area contributed by atoms with Crippen LogP contribution in [0.5, 0.6) is 0 Å². The van der Waals surface area contributed by atoms with Gasteiger partial charge < -0.3 is 15.4 Å². The van der Waals surface area contributed by atoms with Gasteiger partial charge in [0.15, 0.2) is 5.96 Å². The highest BCUT2D eigenvalue weighted by Gasteiger charge is 2.01. The summed E-state index contributed by atoms with van der Waals surface area (Å²) in [6.45, 7) is 5.92. The Balaban J connectivity index is 0. The van der Waals surface area contributed by atoms with E-state index in [1.54, 1.807) is 7.05 Å². The van der Waals surface area contributed by atoms with Crippen LogP contribution in [0.15, 0.2) is 4.99 Å². The van der Waals surface area contributed by atoms with Crippen molar-refractivity contribution in [1.29, 1.82) is 0 Å². The number of aliphatic imine (C=N–C) groups is 1. The molecule has 0 amide bonds. The van der Waals surface area contributed by atoms with Gasteiger partial charge in [0.2, 0.25) is 0 Å². The highest BCUT2D eigenvalue weighted by Crippen LogP contribution is 2.04. The second-order valence-electron chi connectivity index (χ2n) is 4.64. The fourth-order valence-electron chi connectivity index (χ4n) is 1.49. The summed E-state index contributed by atoms with van der Waals surface area (Å²) in [4.78, 5) is 15.0. The average molecular weight is 385 g/mol. The van der Waals surface area contributed by atoms with Gasteiger partial charge in [0.1, 0.15) is 0 Å². The minimum Gasteiger partial charge on any atom is -0.469 e. The van der Waals surface area contributed by atoms with Crippen molar-refractivity contribution >= 4 is 35.9 Å². The Labute approximate surface area is 134 Å². The summed E-state index contributed by atoms with van der Waals surface area (Å²) in [5.41, 5.74) is 0. The number of nitrogens with zero attached hydrogens (tertiary/aromatic N) is 1. The van der Waals surface area contributed by atoms with Crippen LogP contribution in [-0.4, -0.2) is 39.2 Å². The van der Waals surface area contributed by atoms with Crippen LogP contribution in [-0.2, 0) is 9.53 Å². The molecule has 0 saturated heterocycles. The molecule has 0 spiro atoms. The van der Waals surface area contributed by atoms with Crippen molar-refractivity contribution < 1.29 is 9.53 Å². The number of methoxy groups -OCH3 is 1. The monoisotopic (exact) mass is 385 g/mol. The molecule has 0 saturated carbocycles. The first kappa shape index (κ1) is 20.8. The van der Waals surface area contributed by atoms with E-state index in [0.29, 0.717) is 13.0 Å². The molecule has 0 heterocycles. The number of carbonyl (C=O) groups excluding carboxylic acids is 1. The van der Waals surface area contributed by atoms with Crippen molar-refractivity contribution in [3.8, 4) is 0 Å². The van der Waals surface area contributed by atoms with Gasteiger partial charge in [-0.1, -0.05) is 26.7 Å². The van der Waals surface area contributed by atoms with Gasteiger partial charge in [-0.15, -0.1) is 24.0 Å². The number of ether oxygens (including phenoxy) is 1. The van der Waals surface area contributed by atoms with Gasteiger partial charge in [0.05, 0.1) is 13.5 Å². The van der Waals surface area contributed by atoms with E-state index in [2.05, 4.69) is 34.2 Å². The van der Waals surface area contributed by atoms with Crippen LogP contribution in [0.1, 0.15) is 39.5 Å². The highest BCUT2D eigenvalue weighted by molar-refractivity contribution is 14.0. The Bertz CT molecular complexity index is 258. The summed E-state index contributed by atoms with van der Waals surface area (Å²) in [5.74, 6) is 1.29. The molecule has 0 radical (unpaired) electrons. The molecule has 2 N–H and O–H groups in total. The van der Waals surface area contributed by atoms with Gasteiger partial charge in [-0.25, -0.2) is 0 Å². The summed E-state index contributed by atoms with van der Waals surface area (Å²) in [7, 11) is 3.12. The van der Waals surface area contributed by atoms with Gasteiger partial charge in [-0.3, -0.25) is 9.79 Å². The summed E-state index contributed by atoms with van der Waals surface area (Å²) in [6, 6.07) is 0. The first-order valence-corrected chi connectivity index (χ1v) is 6.61. The average Bonchev–Trinajstić information content (AvgIpc) is 2.35. The van der Waals surface area contributed by atoms with Gasteiger partial charge in [0.25, 0.3) is 0 Å². The van der Waals surface area contributed by atoms with E-state index in [0.717, 1.165) is 24.8 Å². The molecule has 114 valence electrons. The van der Waals surface area contributed by atoms with Gasteiger partial charge in [-0.05, 0) is 12.3 Å². The maximum absolute atomic E-state index is 10.9. The normalized spacial score (nSPS) is 10.9. The van der Waals surface area contributed by atoms with Gasteiger partial charge in [0, 0.05) is 20.1 Å². The molecule has 0 aliphatic carbocycles. The molecular weight excluding hydrogens is 357 g/mol. The van der Waals surface area contributed by atoms with Crippen molar-refractivity contribution in [3.05, 3.63) is 0 Å². The molecule has 5 nitrogen and oxygen atoms in total. The largest absolute Gasteiger partial charge is 0.469 e. The zero-order valence-electron chi connectivity index (χ0n) is 12.5. The number of unbranched alkanes of at least 4 members (excludes halogenated alkanes) is 1. The summed E-state index contributed by atoms with van der Waals surface area (Å²) in [5, 5.41) is 6.29. The predicted molar refractivity (Wildman–Crippen MR) is 90.1 cm³/mol. The van der Waals surface area contributed by atoms with E-state index in [9.17, 15) is 4.79 Å². The number of guanidine groups is 1. The second kappa shape index (κ2) is 13.9. The van der Waals surface area contributed by atoms with Crippen molar-refractivity contribution in [2.24, 2.45) is 10.9 Å². The molecule has 0 unspecified atom stereocenters. The Morgan fingerprint density at radius 2 is 1.84 bits per heavy atom. The molecule has 0 aromatic rings. The third-order valence-electron chi connectivity index (χ3n) is 2.57. The Kier molecular flexibility index (Phi) is 15.2. The van der Waals surface area contributed by atoms with E-state index in [4.69, 9.17) is 0 Å². The molecule has 0 aromatic carbocycles. The maximum Gasteiger partial charge on any atom is 0.307 e. The van der Waals surface area contributed by atoms with E-state index in [1.807, 2.05) is 0 Å². The summed E-state index contributed by atoms with van der Waals surface area (Å²) in [6.07, 6.45) is 3.97. The van der Waals surface area contributed by atoms with Crippen molar-refractivity contribution in [2.45, 2.75) is 39.5 Å². The maximum atomic E-state index is 10.9. The first-order valence-electron chi connectivity index (χ1n) is 6.61. The predicted octanol–water partition coefficient (Wildman–Crippen LogP) is 2.16. The van der Waals surface area contributed by atoms with Crippen LogP contribution in [0.25, 0.3) is 0 Å². The number of carbonyl (C=O) groups is 1. The second-order valence-corrected chi connectivity index (χ2v) is 4.64. The minimum absolute atomic E-state index is 0. The zero-order valence-corrected chi connectivity index (χ0v) is 14.8. The summed E-state index contributed by atoms with van der Waals surface area (Å²) < 4.78 is 4.56. The van der Waals surface area contributed by atoms with Crippen LogP contribution in [0.4, 0.5) is 0 Å². The number of nitrogens with one attached hydrogen (secondary N) is 2. The van der Waals surface area contributed by atoms with Crippen molar-refractivity contribution in [2.75, 3.05) is 27.2 Å². The van der Waals surface area contributed by atoms with Gasteiger partial charge >= 0.3 is 5.97 Å². The van der Waals surface area contributed by atoms with Crippen LogP contribution in [0.2, 0.25) is 0 Å². The number of hydrogen-bond donors (Lipinski definition) is 2. The molecule has 0 rings (SSSR count). The molecule has 0 aliphatic heterocycles. The first-order chi connectivity index (χ1) is 8.60. The molecule has 0 fully saturated rings. The smallest absolute Gasteiger partial charge is 0.307 e. The van der Waals surface area contributed by atoms with E-state index in [-0.39, 0.29) is 29.9 Å². The van der Waals surface area contributed by atoms with Crippen LogP contribution in [0, 0.1) is 5.92 Å². The SMILES string of the molecule is CN=C(NCCCCC(C)C)NCCC(=O)OC.I. The van der Waals surface area contributed by atoms with E-state index < -0.39 is 0 Å². The lowest BCUT2D eigenvalue weighted by Gasteiger charge is -2.11. The molecule has 0 atom stereocenters. The number of esters is 1. The Morgan fingerprint density at radius 3 is 2.37 bits per heavy atom. The fourth-order valence-corrected chi connectivity index (χ4v) is 1.49. The molecule has 6 heteroatoms. The standard InChI is InChI=1S/C13H27N3O2.HI/c1-11(2)7-5-6-9-15-13(14-3)16-10-8-12(17)18-4;/h11H,5-10H2,1-4H3,(H2,14,15,16);1H. The fraction of sp³-hybridized carbons (Fsp3) is 0.846.